The Bertz CT molecular complexity index is 2190. The van der Waals surface area contributed by atoms with E-state index in [0.717, 1.165) is 12.3 Å². The van der Waals surface area contributed by atoms with E-state index in [1.165, 1.54) is 24.3 Å². The summed E-state index contributed by atoms with van der Waals surface area (Å²) in [6.07, 6.45) is -4.56. The Kier molecular flexibility index (Phi) is 12.0. The molecule has 2 atom stereocenters. The zero-order chi connectivity index (χ0) is 40.9. The lowest BCUT2D eigenvalue weighted by Gasteiger charge is -2.33. The fourth-order valence-electron chi connectivity index (χ4n) is 6.62. The summed E-state index contributed by atoms with van der Waals surface area (Å²) in [5.41, 5.74) is -0.422. The van der Waals surface area contributed by atoms with Crippen molar-refractivity contribution in [2.75, 3.05) is 60.0 Å². The second-order valence-electron chi connectivity index (χ2n) is 13.6. The van der Waals surface area contributed by atoms with Crippen LogP contribution in [0.2, 0.25) is 0 Å². The highest BCUT2D eigenvalue weighted by molar-refractivity contribution is 5.88. The van der Waals surface area contributed by atoms with Gasteiger partial charge in [0, 0.05) is 50.3 Å². The van der Waals surface area contributed by atoms with E-state index >= 15 is 0 Å². The summed E-state index contributed by atoms with van der Waals surface area (Å²) in [4.78, 5) is 34.4. The molecule has 304 valence electrons. The van der Waals surface area contributed by atoms with Crippen LogP contribution < -0.4 is 20.4 Å². The van der Waals surface area contributed by atoms with Gasteiger partial charge in [-0.05, 0) is 55.8 Å². The van der Waals surface area contributed by atoms with Crippen LogP contribution in [-0.4, -0.2) is 86.5 Å². The first-order valence-corrected chi connectivity index (χ1v) is 18.4. The molecule has 2 aliphatic rings. The van der Waals surface area contributed by atoms with E-state index < -0.39 is 23.6 Å². The van der Waals surface area contributed by atoms with Gasteiger partial charge >= 0.3 is 12.4 Å². The number of nitrogens with one attached hydrogen (secondary N) is 2. The van der Waals surface area contributed by atoms with E-state index in [4.69, 9.17) is 9.47 Å². The molecular formula is C39H39F6N11O2. The van der Waals surface area contributed by atoms with Crippen molar-refractivity contribution in [3.05, 3.63) is 102 Å². The Morgan fingerprint density at radius 2 is 1.09 bits per heavy atom. The van der Waals surface area contributed by atoms with Crippen LogP contribution in [0.4, 0.5) is 49.9 Å². The fourth-order valence-corrected chi connectivity index (χ4v) is 6.62. The van der Waals surface area contributed by atoms with Gasteiger partial charge in [-0.2, -0.15) is 46.3 Å². The Balaban J connectivity index is 0.000000177. The zero-order valence-electron chi connectivity index (χ0n) is 31.4. The summed E-state index contributed by atoms with van der Waals surface area (Å²) >= 11 is 0. The van der Waals surface area contributed by atoms with Crippen molar-refractivity contribution in [2.24, 2.45) is 0 Å². The van der Waals surface area contributed by atoms with Gasteiger partial charge in [0.2, 0.25) is 11.9 Å². The summed E-state index contributed by atoms with van der Waals surface area (Å²) in [6, 6.07) is 15.6. The first-order valence-electron chi connectivity index (χ1n) is 18.4. The number of nitrogens with zero attached hydrogens (tertiary/aromatic N) is 9. The number of morpholine rings is 2. The Labute approximate surface area is 328 Å². The van der Waals surface area contributed by atoms with Gasteiger partial charge in [-0.3, -0.25) is 4.98 Å². The third kappa shape index (κ3) is 9.26. The van der Waals surface area contributed by atoms with Crippen LogP contribution in [0.3, 0.4) is 0 Å². The molecule has 0 aliphatic carbocycles. The van der Waals surface area contributed by atoms with Gasteiger partial charge in [-0.25, -0.2) is 9.97 Å². The van der Waals surface area contributed by atoms with Gasteiger partial charge in [0.05, 0.1) is 54.8 Å². The molecule has 2 fully saturated rings. The summed E-state index contributed by atoms with van der Waals surface area (Å²) < 4.78 is 90.5. The van der Waals surface area contributed by atoms with Crippen molar-refractivity contribution in [3.63, 3.8) is 0 Å². The molecule has 6 aromatic rings. The number of fused-ring (bicyclic) bond motifs is 2. The minimum absolute atomic E-state index is 0.0191. The molecule has 0 saturated carbocycles. The van der Waals surface area contributed by atoms with Crippen LogP contribution in [0.15, 0.2) is 79.3 Å². The van der Waals surface area contributed by atoms with Crippen molar-refractivity contribution in [3.8, 4) is 0 Å². The second kappa shape index (κ2) is 17.3. The maximum absolute atomic E-state index is 13.3. The molecule has 2 N–H and O–H groups in total. The molecule has 5 aromatic heterocycles. The minimum Gasteiger partial charge on any atom is -0.377 e. The highest BCUT2D eigenvalue weighted by atomic mass is 19.4. The van der Waals surface area contributed by atoms with Gasteiger partial charge in [-0.15, -0.1) is 0 Å². The first-order chi connectivity index (χ1) is 27.9. The average molecular weight is 808 g/mol. The summed E-state index contributed by atoms with van der Waals surface area (Å²) in [5.74, 6) is 1.83. The fraction of sp³-hybridized carbons (Fsp3) is 0.359. The second-order valence-corrected chi connectivity index (χ2v) is 13.6. The van der Waals surface area contributed by atoms with Crippen molar-refractivity contribution in [1.29, 1.82) is 0 Å². The number of anilines is 4. The quantitative estimate of drug-likeness (QED) is 0.151. The van der Waals surface area contributed by atoms with Gasteiger partial charge < -0.3 is 29.9 Å². The van der Waals surface area contributed by atoms with E-state index in [2.05, 4.69) is 45.5 Å². The smallest absolute Gasteiger partial charge is 0.377 e. The van der Waals surface area contributed by atoms with E-state index in [-0.39, 0.29) is 36.3 Å². The van der Waals surface area contributed by atoms with E-state index in [0.29, 0.717) is 85.1 Å². The van der Waals surface area contributed by atoms with Gasteiger partial charge in [-0.1, -0.05) is 24.3 Å². The molecule has 0 bridgehead atoms. The number of alkyl halides is 6. The molecule has 2 aliphatic heterocycles. The monoisotopic (exact) mass is 807 g/mol. The SMILES string of the molecule is C[C@@H]1COCCN1c1nc(NCc2ccccc2C(F)(F)F)c2cccnc2n1.C[C@H]1COCCN1c1nc(NCc2cccnc2C(F)(F)F)c2cccnc2n1. The topological polar surface area (TPSA) is 139 Å². The zero-order valence-corrected chi connectivity index (χ0v) is 31.4. The number of pyridine rings is 3. The number of aromatic nitrogens is 7. The summed E-state index contributed by atoms with van der Waals surface area (Å²) in [7, 11) is 0. The molecular weight excluding hydrogens is 768 g/mol. The molecule has 2 saturated heterocycles. The number of hydrogen-bond acceptors (Lipinski definition) is 13. The predicted octanol–water partition coefficient (Wildman–Crippen LogP) is 7.16. The molecule has 0 amide bonds. The van der Waals surface area contributed by atoms with E-state index in [9.17, 15) is 26.3 Å². The van der Waals surface area contributed by atoms with Crippen LogP contribution >= 0.6 is 0 Å². The number of ether oxygens (including phenoxy) is 2. The third-order valence-electron chi connectivity index (χ3n) is 9.54. The molecule has 0 radical (unpaired) electrons. The van der Waals surface area contributed by atoms with Gasteiger partial charge in [0.1, 0.15) is 17.3 Å². The first kappa shape index (κ1) is 40.3. The lowest BCUT2D eigenvalue weighted by Crippen LogP contribution is -2.44. The molecule has 8 rings (SSSR count). The van der Waals surface area contributed by atoms with Crippen molar-refractivity contribution in [2.45, 2.75) is 51.4 Å². The van der Waals surface area contributed by atoms with Gasteiger partial charge in [0.15, 0.2) is 11.3 Å². The molecule has 7 heterocycles. The summed E-state index contributed by atoms with van der Waals surface area (Å²) in [6.45, 7) is 7.41. The Morgan fingerprint density at radius 1 is 0.603 bits per heavy atom. The normalized spacial score (nSPS) is 17.5. The molecule has 0 unspecified atom stereocenters. The van der Waals surface area contributed by atoms with Crippen LogP contribution in [0.25, 0.3) is 22.1 Å². The van der Waals surface area contributed by atoms with Crippen LogP contribution in [-0.2, 0) is 34.9 Å². The minimum atomic E-state index is -4.53. The van der Waals surface area contributed by atoms with Crippen LogP contribution in [0, 0.1) is 0 Å². The van der Waals surface area contributed by atoms with Crippen molar-refractivity contribution < 1.29 is 35.8 Å². The molecule has 0 spiro atoms. The molecule has 19 heteroatoms. The molecule has 58 heavy (non-hydrogen) atoms. The Morgan fingerprint density at radius 3 is 1.60 bits per heavy atom. The highest BCUT2D eigenvalue weighted by Crippen LogP contribution is 2.34. The summed E-state index contributed by atoms with van der Waals surface area (Å²) in [5, 5.41) is 7.37. The molecule has 13 nitrogen and oxygen atoms in total. The number of rotatable bonds is 8. The number of benzene rings is 1. The lowest BCUT2D eigenvalue weighted by atomic mass is 10.1. The maximum atomic E-state index is 13.3. The standard InChI is InChI=1S/C20H20F3N5O.C19H19F3N6O/c1-13-12-29-10-9-28(13)19-26-17-15(6-4-8-24-17)18(27-19)25-11-14-5-2-3-7-16(14)20(21,22)23;1-12-11-29-9-8-28(12)18-26-16-14(5-3-7-24-16)17(27-18)25-10-13-4-2-6-23-15(13)19(20,21)22/h2-8,13H,9-12H2,1H3,(H,24,25,26,27);2-7,12H,8-11H2,1H3,(H,24,25,26,27)/t13-;12-/m10/s1. The lowest BCUT2D eigenvalue weighted by molar-refractivity contribution is -0.142. The highest BCUT2D eigenvalue weighted by Gasteiger charge is 2.35. The number of halogens is 6. The predicted molar refractivity (Wildman–Crippen MR) is 205 cm³/mol. The largest absolute Gasteiger partial charge is 0.433 e. The number of hydrogen-bond donors (Lipinski definition) is 2. The maximum Gasteiger partial charge on any atom is 0.433 e. The van der Waals surface area contributed by atoms with Crippen LogP contribution in [0.1, 0.15) is 36.2 Å². The van der Waals surface area contributed by atoms with Crippen molar-refractivity contribution in [1.82, 2.24) is 34.9 Å². The van der Waals surface area contributed by atoms with E-state index in [1.807, 2.05) is 23.6 Å². The van der Waals surface area contributed by atoms with Gasteiger partial charge in [0.25, 0.3) is 0 Å². The average Bonchev–Trinajstić information content (AvgIpc) is 3.22. The van der Waals surface area contributed by atoms with Crippen LogP contribution in [0.5, 0.6) is 0 Å². The van der Waals surface area contributed by atoms with E-state index in [1.54, 1.807) is 42.7 Å². The Hall–Kier alpha value is -5.95. The third-order valence-corrected chi connectivity index (χ3v) is 9.54. The van der Waals surface area contributed by atoms with Crippen molar-refractivity contribution >= 4 is 45.6 Å². The molecule has 1 aromatic carbocycles.